The first-order valence-electron chi connectivity index (χ1n) is 14.7. The highest BCUT2D eigenvalue weighted by molar-refractivity contribution is 6.34. The number of nitrogens with zero attached hydrogens (tertiary/aromatic N) is 3. The molecule has 4 aromatic carbocycles. The van der Waals surface area contributed by atoms with Crippen molar-refractivity contribution in [2.24, 2.45) is 10.9 Å². The van der Waals surface area contributed by atoms with Crippen molar-refractivity contribution < 1.29 is 9.66 Å². The van der Waals surface area contributed by atoms with Gasteiger partial charge in [-0.3, -0.25) is 20.1 Å². The Hall–Kier alpha value is -5.88. The van der Waals surface area contributed by atoms with Crippen LogP contribution in [0.4, 0.5) is 11.4 Å². The Labute approximate surface area is 261 Å². The molecule has 2 heterocycles. The molecule has 0 radical (unpaired) electrons. The van der Waals surface area contributed by atoms with Crippen LogP contribution in [0, 0.1) is 16.0 Å². The summed E-state index contributed by atoms with van der Waals surface area (Å²) in [6, 6.07) is 38.9. The first-order valence-corrected chi connectivity index (χ1v) is 14.7. The molecule has 6 heteroatoms. The minimum atomic E-state index is -0.698. The van der Waals surface area contributed by atoms with E-state index in [1.54, 1.807) is 24.5 Å². The van der Waals surface area contributed by atoms with E-state index in [0.717, 1.165) is 44.7 Å². The van der Waals surface area contributed by atoms with Crippen molar-refractivity contribution in [2.75, 3.05) is 7.11 Å². The van der Waals surface area contributed by atoms with Gasteiger partial charge < -0.3 is 4.74 Å². The number of pyridine rings is 1. The number of hydrogen-bond donors (Lipinski definition) is 0. The number of ether oxygens (including phenoxy) is 1. The minimum absolute atomic E-state index is 0.00333. The van der Waals surface area contributed by atoms with Gasteiger partial charge in [0.1, 0.15) is 0 Å². The molecule has 0 saturated carbocycles. The van der Waals surface area contributed by atoms with E-state index in [1.165, 1.54) is 19.4 Å². The van der Waals surface area contributed by atoms with E-state index in [1.807, 2.05) is 30.3 Å². The second-order valence-corrected chi connectivity index (χ2v) is 11.0. The van der Waals surface area contributed by atoms with Gasteiger partial charge in [0.15, 0.2) is 0 Å². The molecule has 1 aliphatic carbocycles. The third-order valence-electron chi connectivity index (χ3n) is 8.66. The van der Waals surface area contributed by atoms with Crippen molar-refractivity contribution in [1.82, 2.24) is 4.98 Å². The van der Waals surface area contributed by atoms with Gasteiger partial charge in [-0.15, -0.1) is 0 Å². The maximum Gasteiger partial charge on any atom is 0.277 e. The number of benzene rings is 4. The number of aromatic nitrogens is 1. The molecule has 7 rings (SSSR count). The zero-order valence-electron chi connectivity index (χ0n) is 24.6. The predicted molar refractivity (Wildman–Crippen MR) is 179 cm³/mol. The van der Waals surface area contributed by atoms with Crippen molar-refractivity contribution in [1.29, 1.82) is 0 Å². The fraction of sp³-hybridized carbons (Fsp3) is 0.0769. The number of methoxy groups -OCH3 is 1. The summed E-state index contributed by atoms with van der Waals surface area (Å²) in [5.74, 6) is -0.293. The molecule has 6 nitrogen and oxygen atoms in total. The molecule has 2 aliphatic rings. The third-order valence-corrected chi connectivity index (χ3v) is 8.66. The van der Waals surface area contributed by atoms with Crippen LogP contribution in [-0.2, 0) is 10.2 Å². The van der Waals surface area contributed by atoms with Crippen LogP contribution in [0.25, 0.3) is 17.2 Å². The van der Waals surface area contributed by atoms with Crippen molar-refractivity contribution in [2.45, 2.75) is 5.41 Å². The summed E-state index contributed by atoms with van der Waals surface area (Å²) in [6.45, 7) is 0. The second kappa shape index (κ2) is 11.7. The molecular formula is C39H29N3O3. The topological polar surface area (TPSA) is 77.6 Å². The van der Waals surface area contributed by atoms with Gasteiger partial charge in [0.25, 0.3) is 5.69 Å². The predicted octanol–water partition coefficient (Wildman–Crippen LogP) is 8.82. The molecule has 0 amide bonds. The Kier molecular flexibility index (Phi) is 7.23. The molecule has 0 spiro atoms. The first kappa shape index (κ1) is 27.9. The van der Waals surface area contributed by atoms with Crippen LogP contribution < -0.4 is 0 Å². The molecule has 1 aliphatic heterocycles. The standard InChI is InChI=1S/C39H29N3O3/c1-45-24-21-32-36(42(43)44)18-17-35-37(32)33-25-28(27-19-22-40-23-20-27)26-34(38(33)41-35)39(29-11-5-2-6-12-29,30-13-7-3-8-14-30)31-15-9-4-10-16-31/h2-26,34H,1H3. The van der Waals surface area contributed by atoms with Gasteiger partial charge in [0.05, 0.1) is 40.7 Å². The lowest BCUT2D eigenvalue weighted by atomic mass is 9.58. The van der Waals surface area contributed by atoms with Gasteiger partial charge in [-0.05, 0) is 58.2 Å². The Morgan fingerprint density at radius 3 is 1.91 bits per heavy atom. The third kappa shape index (κ3) is 4.68. The van der Waals surface area contributed by atoms with E-state index in [0.29, 0.717) is 11.3 Å². The number of nitro groups is 1. The van der Waals surface area contributed by atoms with Gasteiger partial charge in [-0.2, -0.15) is 0 Å². The lowest BCUT2D eigenvalue weighted by Crippen LogP contribution is -2.42. The quantitative estimate of drug-likeness (QED) is 0.0787. The van der Waals surface area contributed by atoms with Crippen LogP contribution in [0.1, 0.15) is 33.4 Å². The Bertz CT molecular complexity index is 1900. The van der Waals surface area contributed by atoms with E-state index in [-0.39, 0.29) is 16.5 Å². The van der Waals surface area contributed by atoms with Crippen molar-refractivity contribution in [3.8, 4) is 0 Å². The van der Waals surface area contributed by atoms with Gasteiger partial charge >= 0.3 is 0 Å². The van der Waals surface area contributed by atoms with Gasteiger partial charge in [-0.25, -0.2) is 0 Å². The van der Waals surface area contributed by atoms with Crippen LogP contribution in [-0.4, -0.2) is 22.7 Å². The number of allylic oxidation sites excluding steroid dienone is 4. The lowest BCUT2D eigenvalue weighted by Gasteiger charge is -2.43. The summed E-state index contributed by atoms with van der Waals surface area (Å²) in [5.41, 5.74) is 8.21. The maximum atomic E-state index is 12.3. The number of nitro benzene ring substituents is 1. The van der Waals surface area contributed by atoms with E-state index < -0.39 is 5.41 Å². The molecule has 5 aromatic rings. The van der Waals surface area contributed by atoms with Crippen molar-refractivity contribution in [3.05, 3.63) is 190 Å². The minimum Gasteiger partial charge on any atom is -0.504 e. The number of fused-ring (bicyclic) bond motifs is 3. The largest absolute Gasteiger partial charge is 0.504 e. The zero-order valence-corrected chi connectivity index (χ0v) is 24.6. The highest BCUT2D eigenvalue weighted by Crippen LogP contribution is 2.54. The van der Waals surface area contributed by atoms with Crippen LogP contribution >= 0.6 is 0 Å². The average Bonchev–Trinajstić information content (AvgIpc) is 3.48. The fourth-order valence-corrected chi connectivity index (χ4v) is 6.80. The molecule has 0 fully saturated rings. The van der Waals surface area contributed by atoms with E-state index in [4.69, 9.17) is 9.73 Å². The normalized spacial score (nSPS) is 15.5. The van der Waals surface area contributed by atoms with Gasteiger partial charge in [0, 0.05) is 35.5 Å². The Morgan fingerprint density at radius 2 is 1.38 bits per heavy atom. The maximum absolute atomic E-state index is 12.3. The summed E-state index contributed by atoms with van der Waals surface area (Å²) >= 11 is 0. The van der Waals surface area contributed by atoms with Crippen LogP contribution in [0.5, 0.6) is 0 Å². The average molecular weight is 588 g/mol. The molecular weight excluding hydrogens is 558 g/mol. The smallest absolute Gasteiger partial charge is 0.277 e. The van der Waals surface area contributed by atoms with E-state index >= 15 is 0 Å². The lowest BCUT2D eigenvalue weighted by molar-refractivity contribution is -0.385. The van der Waals surface area contributed by atoms with Gasteiger partial charge in [-0.1, -0.05) is 97.1 Å². The Balaban J connectivity index is 1.59. The van der Waals surface area contributed by atoms with Gasteiger partial charge in [0.2, 0.25) is 0 Å². The molecule has 1 aromatic heterocycles. The van der Waals surface area contributed by atoms with Crippen LogP contribution in [0.15, 0.2) is 151 Å². The van der Waals surface area contributed by atoms with Crippen molar-refractivity contribution in [3.63, 3.8) is 0 Å². The molecule has 45 heavy (non-hydrogen) atoms. The highest BCUT2D eigenvalue weighted by Gasteiger charge is 2.48. The molecule has 0 bridgehead atoms. The van der Waals surface area contributed by atoms with Crippen LogP contribution in [0.2, 0.25) is 0 Å². The number of aliphatic imine (C=N–C) groups is 1. The summed E-state index contributed by atoms with van der Waals surface area (Å²) in [5, 5.41) is 12.3. The molecule has 1 unspecified atom stereocenters. The number of rotatable bonds is 8. The first-order chi connectivity index (χ1) is 22.1. The van der Waals surface area contributed by atoms with Crippen molar-refractivity contribution >= 4 is 34.3 Å². The Morgan fingerprint density at radius 1 is 0.800 bits per heavy atom. The summed E-state index contributed by atoms with van der Waals surface area (Å²) < 4.78 is 5.24. The van der Waals surface area contributed by atoms with Crippen LogP contribution in [0.3, 0.4) is 0 Å². The summed E-state index contributed by atoms with van der Waals surface area (Å²) in [4.78, 5) is 21.5. The van der Waals surface area contributed by atoms with E-state index in [9.17, 15) is 10.1 Å². The SMILES string of the molecule is COC=Cc1c([N+](=O)[O-])ccc2c1C1=CC(c3ccncc3)=CC(C(c3ccccc3)(c3ccccc3)c3ccccc3)C1=N2. The molecule has 0 N–H and O–H groups in total. The molecule has 0 saturated heterocycles. The monoisotopic (exact) mass is 587 g/mol. The zero-order chi connectivity index (χ0) is 30.8. The highest BCUT2D eigenvalue weighted by atomic mass is 16.6. The van der Waals surface area contributed by atoms with E-state index in [2.05, 4.69) is 89.9 Å². The fourth-order valence-electron chi connectivity index (χ4n) is 6.80. The molecule has 218 valence electrons. The summed E-state index contributed by atoms with van der Waals surface area (Å²) in [7, 11) is 1.53. The second-order valence-electron chi connectivity index (χ2n) is 11.0. The molecule has 1 atom stereocenters. The number of hydrogen-bond acceptors (Lipinski definition) is 5. The summed E-state index contributed by atoms with van der Waals surface area (Å²) in [6.07, 6.45) is 11.1.